The Morgan fingerprint density at radius 3 is 1.11 bits per heavy atom. The van der Waals surface area contributed by atoms with Crippen LogP contribution in [0, 0.1) is 17.9 Å². The summed E-state index contributed by atoms with van der Waals surface area (Å²) in [6.07, 6.45) is 0. The summed E-state index contributed by atoms with van der Waals surface area (Å²) in [5.41, 5.74) is 17.0. The molecular formula is C75H44N6. The molecular weight excluding hydrogens is 985 g/mol. The van der Waals surface area contributed by atoms with Crippen molar-refractivity contribution in [1.29, 1.82) is 5.26 Å². The first kappa shape index (κ1) is 44.9. The molecule has 0 atom stereocenters. The molecule has 12 aromatic carbocycles. The molecule has 0 aliphatic heterocycles. The molecule has 0 N–H and O–H groups in total. The van der Waals surface area contributed by atoms with Crippen molar-refractivity contribution in [3.05, 3.63) is 306 Å². The Balaban J connectivity index is 1.19. The molecule has 0 unspecified atom stereocenters. The first-order valence-corrected chi connectivity index (χ1v) is 27.5. The lowest BCUT2D eigenvalue weighted by Crippen LogP contribution is -2.28. The molecule has 0 amide bonds. The Hall–Kier alpha value is -11.2. The molecule has 1 aliphatic carbocycles. The van der Waals surface area contributed by atoms with Crippen molar-refractivity contribution >= 4 is 92.9 Å². The third-order valence-electron chi connectivity index (χ3n) is 17.5. The zero-order valence-electron chi connectivity index (χ0n) is 43.6. The predicted octanol–water partition coefficient (Wildman–Crippen LogP) is 18.9. The van der Waals surface area contributed by atoms with E-state index in [9.17, 15) is 11.8 Å². The zero-order valence-corrected chi connectivity index (χ0v) is 43.6. The first-order valence-electron chi connectivity index (χ1n) is 27.5. The predicted molar refractivity (Wildman–Crippen MR) is 332 cm³/mol. The summed E-state index contributed by atoms with van der Waals surface area (Å²) in [6, 6.07) is 98.2. The van der Waals surface area contributed by atoms with Gasteiger partial charge >= 0.3 is 0 Å². The summed E-state index contributed by atoms with van der Waals surface area (Å²) in [6.45, 7) is 9.85. The molecule has 6 heteroatoms. The lowest BCUT2D eigenvalue weighted by atomic mass is 9.67. The maximum absolute atomic E-state index is 12.9. The zero-order chi connectivity index (χ0) is 53.5. The van der Waals surface area contributed by atoms with E-state index in [1.54, 1.807) is 0 Å². The number of nitriles is 1. The standard InChI is InChI=1S/C75H44N6/c1-77-69-71(78-61-37-17-9-28-49(61)50-29-10-18-38-62(50)78)58(46-76)72(74(80-65-41-21-13-32-53(65)54-33-14-22-42-66(54)80)73(69)79-63-39-19-11-30-51(63)52-31-12-20-40-64(52)79)81-67-43-23-15-34-55(67)56-44-45-60-68(70(56)81)57-35-8-16-36-59(57)75(60,47-24-4-2-5-25-47)48-26-6-3-7-27-48/h2-45H. The average Bonchev–Trinajstić information content (AvgIpc) is 2.84. The van der Waals surface area contributed by atoms with Crippen LogP contribution in [0.4, 0.5) is 5.69 Å². The van der Waals surface area contributed by atoms with Crippen molar-refractivity contribution in [1.82, 2.24) is 18.3 Å². The second-order valence-electron chi connectivity index (χ2n) is 21.2. The lowest BCUT2D eigenvalue weighted by Gasteiger charge is -2.33. The Kier molecular flexibility index (Phi) is 9.37. The maximum Gasteiger partial charge on any atom is 0.237 e. The van der Waals surface area contributed by atoms with Gasteiger partial charge in [0.1, 0.15) is 6.07 Å². The van der Waals surface area contributed by atoms with E-state index < -0.39 is 5.41 Å². The van der Waals surface area contributed by atoms with Gasteiger partial charge in [-0.3, -0.25) is 0 Å². The van der Waals surface area contributed by atoms with Gasteiger partial charge in [-0.1, -0.05) is 224 Å². The molecule has 0 radical (unpaired) electrons. The molecule has 1 aliphatic rings. The number of fused-ring (bicyclic) bond motifs is 16. The van der Waals surface area contributed by atoms with Crippen molar-refractivity contribution in [3.63, 3.8) is 0 Å². The van der Waals surface area contributed by atoms with Crippen molar-refractivity contribution in [3.8, 4) is 39.9 Å². The van der Waals surface area contributed by atoms with Crippen molar-refractivity contribution < 1.29 is 0 Å². The minimum Gasteiger partial charge on any atom is -0.318 e. The van der Waals surface area contributed by atoms with Crippen LogP contribution in [0.3, 0.4) is 0 Å². The van der Waals surface area contributed by atoms with Crippen LogP contribution in [0.15, 0.2) is 267 Å². The third-order valence-corrected chi connectivity index (χ3v) is 17.5. The fourth-order valence-corrected chi connectivity index (χ4v) is 14.5. The van der Waals surface area contributed by atoms with Gasteiger partial charge in [0.05, 0.1) is 84.4 Å². The molecule has 81 heavy (non-hydrogen) atoms. The van der Waals surface area contributed by atoms with Crippen molar-refractivity contribution in [2.45, 2.75) is 5.41 Å². The molecule has 0 fully saturated rings. The largest absolute Gasteiger partial charge is 0.318 e. The minimum absolute atomic E-state index is 0.355. The summed E-state index contributed by atoms with van der Waals surface area (Å²) in [5, 5.41) is 21.3. The van der Waals surface area contributed by atoms with Crippen LogP contribution < -0.4 is 0 Å². The number of para-hydroxylation sites is 7. The summed E-state index contributed by atoms with van der Waals surface area (Å²) in [4.78, 5) is 4.80. The average molecular weight is 1030 g/mol. The SMILES string of the molecule is [C-]#[N+]c1c(-n2c3ccccc3c3ccccc32)c(C#N)c(-n2c3ccccc3c3ccc4c(c32)-c2ccccc2C4(c2ccccc2)c2ccccc2)c(-n2c3ccccc3c3ccccc32)c1-n1c2ccccc2c2ccccc21. The van der Waals surface area contributed by atoms with E-state index in [-0.39, 0.29) is 0 Å². The Bertz CT molecular complexity index is 5240. The quantitative estimate of drug-likeness (QED) is 0.153. The Morgan fingerprint density at radius 1 is 0.321 bits per heavy atom. The second kappa shape index (κ2) is 16.9. The van der Waals surface area contributed by atoms with Crippen LogP contribution in [0.25, 0.3) is 126 Å². The van der Waals surface area contributed by atoms with Crippen molar-refractivity contribution in [2.24, 2.45) is 0 Å². The minimum atomic E-state index is -0.714. The van der Waals surface area contributed by atoms with Gasteiger partial charge in [-0.05, 0) is 70.3 Å². The van der Waals surface area contributed by atoms with Crippen LogP contribution in [0.1, 0.15) is 27.8 Å². The molecule has 0 saturated heterocycles. The summed E-state index contributed by atoms with van der Waals surface area (Å²) < 4.78 is 9.31. The molecule has 17 rings (SSSR count). The lowest BCUT2D eigenvalue weighted by molar-refractivity contribution is 0.769. The number of hydrogen-bond donors (Lipinski definition) is 0. The monoisotopic (exact) mass is 1030 g/mol. The molecule has 0 bridgehead atoms. The fourth-order valence-electron chi connectivity index (χ4n) is 14.5. The van der Waals surface area contributed by atoms with Crippen LogP contribution in [-0.4, -0.2) is 18.3 Å². The first-order chi connectivity index (χ1) is 40.2. The van der Waals surface area contributed by atoms with Crippen LogP contribution >= 0.6 is 0 Å². The highest BCUT2D eigenvalue weighted by Gasteiger charge is 2.48. The van der Waals surface area contributed by atoms with E-state index in [0.29, 0.717) is 28.3 Å². The number of hydrogen-bond acceptors (Lipinski definition) is 1. The molecule has 0 spiro atoms. The van der Waals surface area contributed by atoms with Gasteiger partial charge < -0.3 is 18.3 Å². The highest BCUT2D eigenvalue weighted by atomic mass is 15.1. The Labute approximate surface area is 465 Å². The topological polar surface area (TPSA) is 47.9 Å². The summed E-state index contributed by atoms with van der Waals surface area (Å²) in [7, 11) is 0. The van der Waals surface area contributed by atoms with Gasteiger partial charge in [-0.25, -0.2) is 4.85 Å². The summed E-state index contributed by atoms with van der Waals surface area (Å²) in [5.74, 6) is 0. The fraction of sp³-hybridized carbons (Fsp3) is 0.0133. The Morgan fingerprint density at radius 2 is 0.679 bits per heavy atom. The highest BCUT2D eigenvalue weighted by Crippen LogP contribution is 2.60. The van der Waals surface area contributed by atoms with Gasteiger partial charge in [0.25, 0.3) is 0 Å². The van der Waals surface area contributed by atoms with Gasteiger partial charge in [0, 0.05) is 48.7 Å². The van der Waals surface area contributed by atoms with Crippen LogP contribution in [0.2, 0.25) is 0 Å². The second-order valence-corrected chi connectivity index (χ2v) is 21.2. The molecule has 374 valence electrons. The smallest absolute Gasteiger partial charge is 0.237 e. The number of benzene rings is 12. The third kappa shape index (κ3) is 5.82. The van der Waals surface area contributed by atoms with E-state index in [1.165, 1.54) is 5.56 Å². The molecule has 6 nitrogen and oxygen atoms in total. The van der Waals surface area contributed by atoms with Gasteiger partial charge in [0.2, 0.25) is 5.69 Å². The van der Waals surface area contributed by atoms with E-state index in [4.69, 9.17) is 4.85 Å². The summed E-state index contributed by atoms with van der Waals surface area (Å²) >= 11 is 0. The van der Waals surface area contributed by atoms with Crippen LogP contribution in [0.5, 0.6) is 0 Å². The molecule has 16 aromatic rings. The highest BCUT2D eigenvalue weighted by molar-refractivity contribution is 6.19. The van der Waals surface area contributed by atoms with E-state index in [1.807, 2.05) is 0 Å². The molecule has 4 heterocycles. The number of rotatable bonds is 6. The maximum atomic E-state index is 12.9. The number of aromatic nitrogens is 4. The normalized spacial score (nSPS) is 12.8. The molecule has 4 aromatic heterocycles. The molecule has 0 saturated carbocycles. The van der Waals surface area contributed by atoms with E-state index in [0.717, 1.165) is 121 Å². The van der Waals surface area contributed by atoms with E-state index in [2.05, 4.69) is 291 Å². The van der Waals surface area contributed by atoms with E-state index >= 15 is 0 Å². The van der Waals surface area contributed by atoms with Gasteiger partial charge in [-0.15, -0.1) is 0 Å². The number of nitrogens with zero attached hydrogens (tertiary/aromatic N) is 6. The van der Waals surface area contributed by atoms with Gasteiger partial charge in [-0.2, -0.15) is 5.26 Å². The van der Waals surface area contributed by atoms with Crippen molar-refractivity contribution in [2.75, 3.05) is 0 Å². The van der Waals surface area contributed by atoms with Gasteiger partial charge in [0.15, 0.2) is 0 Å². The van der Waals surface area contributed by atoms with Crippen LogP contribution in [-0.2, 0) is 5.41 Å².